The van der Waals surface area contributed by atoms with Crippen molar-refractivity contribution in [1.82, 2.24) is 34.9 Å². The Morgan fingerprint density at radius 1 is 1.00 bits per heavy atom. The zero-order valence-electron chi connectivity index (χ0n) is 17.1. The zero-order valence-corrected chi connectivity index (χ0v) is 17.1. The van der Waals surface area contributed by atoms with Crippen LogP contribution >= 0.6 is 0 Å². The predicted molar refractivity (Wildman–Crippen MR) is 112 cm³/mol. The van der Waals surface area contributed by atoms with Crippen molar-refractivity contribution in [3.63, 3.8) is 0 Å². The van der Waals surface area contributed by atoms with Crippen LogP contribution in [-0.2, 0) is 11.2 Å². The molecule has 1 unspecified atom stereocenters. The number of benzene rings is 2. The number of morpholine rings is 1. The zero-order chi connectivity index (χ0) is 21.9. The molecule has 1 aliphatic rings. The Labute approximate surface area is 183 Å². The first-order valence-electron chi connectivity index (χ1n) is 10.2. The molecule has 32 heavy (non-hydrogen) atoms. The van der Waals surface area contributed by atoms with E-state index in [4.69, 9.17) is 4.74 Å². The fourth-order valence-corrected chi connectivity index (χ4v) is 3.86. The fourth-order valence-electron chi connectivity index (χ4n) is 3.86. The number of aromatic nitrogens is 6. The molecule has 1 amide bonds. The summed E-state index contributed by atoms with van der Waals surface area (Å²) in [5.74, 6) is -0.517. The van der Waals surface area contributed by atoms with Gasteiger partial charge in [0.15, 0.2) is 0 Å². The van der Waals surface area contributed by atoms with E-state index in [1.54, 1.807) is 60.0 Å². The Bertz CT molecular complexity index is 1210. The number of amides is 1. The molecule has 1 fully saturated rings. The molecule has 4 aromatic rings. The second-order valence-corrected chi connectivity index (χ2v) is 7.36. The molecule has 3 heterocycles. The molecular formula is C22H20FN7O2. The lowest BCUT2D eigenvalue weighted by Crippen LogP contribution is -2.50. The van der Waals surface area contributed by atoms with Gasteiger partial charge in [-0.2, -0.15) is 30.0 Å². The summed E-state index contributed by atoms with van der Waals surface area (Å²) in [4.78, 5) is 18.1. The average molecular weight is 433 g/mol. The Morgan fingerprint density at radius 3 is 2.50 bits per heavy atom. The maximum Gasteiger partial charge on any atom is 0.256 e. The average Bonchev–Trinajstić information content (AvgIpc) is 3.55. The lowest BCUT2D eigenvalue weighted by molar-refractivity contribution is -0.00185. The molecule has 2 aromatic carbocycles. The van der Waals surface area contributed by atoms with Crippen LogP contribution < -0.4 is 0 Å². The van der Waals surface area contributed by atoms with Crippen molar-refractivity contribution in [3.05, 3.63) is 84.2 Å². The molecule has 1 saturated heterocycles. The van der Waals surface area contributed by atoms with Gasteiger partial charge >= 0.3 is 0 Å². The molecule has 2 aromatic heterocycles. The molecule has 10 heteroatoms. The van der Waals surface area contributed by atoms with Gasteiger partial charge in [0.25, 0.3) is 5.91 Å². The summed E-state index contributed by atoms with van der Waals surface area (Å²) in [6, 6.07) is 11.6. The van der Waals surface area contributed by atoms with Gasteiger partial charge in [0, 0.05) is 6.54 Å². The molecule has 5 rings (SSSR count). The topological polar surface area (TPSA) is 91.0 Å². The summed E-state index contributed by atoms with van der Waals surface area (Å²) in [7, 11) is 0. The summed E-state index contributed by atoms with van der Waals surface area (Å²) in [6.07, 6.45) is 6.54. The van der Waals surface area contributed by atoms with E-state index in [0.717, 1.165) is 0 Å². The SMILES string of the molecule is O=C(c1ccccc1-n1nccn1)N1CCOCC1Cc1cc(-n2nccn2)ccc1F. The van der Waals surface area contributed by atoms with Crippen molar-refractivity contribution < 1.29 is 13.9 Å². The highest BCUT2D eigenvalue weighted by molar-refractivity contribution is 5.98. The Hall–Kier alpha value is -3.92. The van der Waals surface area contributed by atoms with Crippen LogP contribution in [0.5, 0.6) is 0 Å². The molecule has 0 radical (unpaired) electrons. The van der Waals surface area contributed by atoms with Crippen LogP contribution in [0.2, 0.25) is 0 Å². The molecule has 0 N–H and O–H groups in total. The summed E-state index contributed by atoms with van der Waals surface area (Å²) in [5.41, 5.74) is 2.18. The highest BCUT2D eigenvalue weighted by atomic mass is 19.1. The monoisotopic (exact) mass is 433 g/mol. The second kappa shape index (κ2) is 8.67. The quantitative estimate of drug-likeness (QED) is 0.479. The molecule has 9 nitrogen and oxygen atoms in total. The fraction of sp³-hybridized carbons (Fsp3) is 0.227. The summed E-state index contributed by atoms with van der Waals surface area (Å²) in [5, 5.41) is 16.5. The largest absolute Gasteiger partial charge is 0.377 e. The number of ether oxygens (including phenoxy) is 1. The van der Waals surface area contributed by atoms with E-state index in [9.17, 15) is 9.18 Å². The minimum absolute atomic E-state index is 0.170. The molecule has 1 atom stereocenters. The van der Waals surface area contributed by atoms with E-state index in [0.29, 0.717) is 48.7 Å². The second-order valence-electron chi connectivity index (χ2n) is 7.36. The van der Waals surface area contributed by atoms with Gasteiger partial charge in [0.2, 0.25) is 0 Å². The van der Waals surface area contributed by atoms with E-state index in [-0.39, 0.29) is 17.8 Å². The number of carbonyl (C=O) groups excluding carboxylic acids is 1. The van der Waals surface area contributed by atoms with Crippen LogP contribution in [0.3, 0.4) is 0 Å². The third kappa shape index (κ3) is 3.87. The normalized spacial score (nSPS) is 16.3. The maximum absolute atomic E-state index is 14.7. The highest BCUT2D eigenvalue weighted by Crippen LogP contribution is 2.22. The van der Waals surface area contributed by atoms with Crippen molar-refractivity contribution in [2.75, 3.05) is 19.8 Å². The van der Waals surface area contributed by atoms with Crippen LogP contribution in [0.4, 0.5) is 4.39 Å². The molecule has 0 spiro atoms. The van der Waals surface area contributed by atoms with E-state index in [1.165, 1.54) is 15.7 Å². The van der Waals surface area contributed by atoms with Crippen molar-refractivity contribution in [2.24, 2.45) is 0 Å². The summed E-state index contributed by atoms with van der Waals surface area (Å²) >= 11 is 0. The van der Waals surface area contributed by atoms with E-state index in [2.05, 4.69) is 20.4 Å². The number of halogens is 1. The summed E-state index contributed by atoms with van der Waals surface area (Å²) < 4.78 is 20.3. The van der Waals surface area contributed by atoms with Crippen molar-refractivity contribution >= 4 is 5.91 Å². The molecule has 0 bridgehead atoms. The molecule has 162 valence electrons. The third-order valence-corrected chi connectivity index (χ3v) is 5.39. The first-order valence-corrected chi connectivity index (χ1v) is 10.2. The highest BCUT2D eigenvalue weighted by Gasteiger charge is 2.30. The van der Waals surface area contributed by atoms with Gasteiger partial charge in [-0.1, -0.05) is 12.1 Å². The van der Waals surface area contributed by atoms with Crippen LogP contribution in [0.15, 0.2) is 67.3 Å². The van der Waals surface area contributed by atoms with Gasteiger partial charge < -0.3 is 9.64 Å². The number of hydrogen-bond acceptors (Lipinski definition) is 6. The van der Waals surface area contributed by atoms with E-state index in [1.807, 2.05) is 6.07 Å². The van der Waals surface area contributed by atoms with Gasteiger partial charge in [-0.15, -0.1) is 0 Å². The Morgan fingerprint density at radius 2 is 1.72 bits per heavy atom. The Balaban J connectivity index is 1.44. The number of rotatable bonds is 5. The van der Waals surface area contributed by atoms with Gasteiger partial charge in [0.1, 0.15) is 5.82 Å². The number of nitrogens with zero attached hydrogens (tertiary/aromatic N) is 7. The van der Waals surface area contributed by atoms with Crippen molar-refractivity contribution in [1.29, 1.82) is 0 Å². The van der Waals surface area contributed by atoms with Gasteiger partial charge in [-0.05, 0) is 42.3 Å². The van der Waals surface area contributed by atoms with Crippen LogP contribution in [0, 0.1) is 5.82 Å². The minimum atomic E-state index is -0.347. The smallest absolute Gasteiger partial charge is 0.256 e. The molecular weight excluding hydrogens is 413 g/mol. The number of para-hydroxylation sites is 1. The van der Waals surface area contributed by atoms with Gasteiger partial charge in [0.05, 0.1) is 61.0 Å². The molecule has 0 saturated carbocycles. The first-order chi connectivity index (χ1) is 15.7. The van der Waals surface area contributed by atoms with Crippen LogP contribution in [0.25, 0.3) is 11.4 Å². The predicted octanol–water partition coefficient (Wildman–Crippen LogP) is 2.07. The van der Waals surface area contributed by atoms with Crippen LogP contribution in [-0.4, -0.2) is 66.6 Å². The number of hydrogen-bond donors (Lipinski definition) is 0. The number of carbonyl (C=O) groups is 1. The van der Waals surface area contributed by atoms with E-state index >= 15 is 0 Å². The first kappa shape index (κ1) is 20.0. The minimum Gasteiger partial charge on any atom is -0.377 e. The Kier molecular flexibility index (Phi) is 5.42. The van der Waals surface area contributed by atoms with Crippen molar-refractivity contribution in [3.8, 4) is 11.4 Å². The van der Waals surface area contributed by atoms with Crippen molar-refractivity contribution in [2.45, 2.75) is 12.5 Å². The summed E-state index contributed by atoms with van der Waals surface area (Å²) in [6.45, 7) is 1.15. The molecule has 0 aliphatic carbocycles. The lowest BCUT2D eigenvalue weighted by atomic mass is 10.0. The van der Waals surface area contributed by atoms with E-state index < -0.39 is 0 Å². The standard InChI is InChI=1S/C22H20FN7O2/c23-20-6-5-17(29-24-7-8-25-29)13-16(20)14-18-15-32-12-11-28(18)22(31)19-3-1-2-4-21(19)30-26-9-10-27-30/h1-10,13,18H,11-12,14-15H2. The van der Waals surface area contributed by atoms with Gasteiger partial charge in [-0.3, -0.25) is 4.79 Å². The van der Waals surface area contributed by atoms with Gasteiger partial charge in [-0.25, -0.2) is 4.39 Å². The van der Waals surface area contributed by atoms with Crippen LogP contribution in [0.1, 0.15) is 15.9 Å². The maximum atomic E-state index is 14.7. The molecule has 1 aliphatic heterocycles. The third-order valence-electron chi connectivity index (χ3n) is 5.39. The lowest BCUT2D eigenvalue weighted by Gasteiger charge is -2.36.